The molecule has 2 N–H and O–H groups in total. The minimum Gasteiger partial charge on any atom is -0.389 e. The number of anilines is 1. The molecule has 0 amide bonds. The summed E-state index contributed by atoms with van der Waals surface area (Å²) in [5.74, 6) is 0. The summed E-state index contributed by atoms with van der Waals surface area (Å²) in [4.78, 5) is 1.14. The maximum Gasteiger partial charge on any atom is 0.105 e. The van der Waals surface area contributed by atoms with E-state index < -0.39 is 0 Å². The number of nitrogens with zero attached hydrogens (tertiary/aromatic N) is 1. The summed E-state index contributed by atoms with van der Waals surface area (Å²) in [5, 5.41) is 10.6. The van der Waals surface area contributed by atoms with Crippen molar-refractivity contribution < 1.29 is 0 Å². The van der Waals surface area contributed by atoms with Gasteiger partial charge in [0.05, 0.1) is 5.56 Å². The van der Waals surface area contributed by atoms with E-state index in [1.807, 2.05) is 25.1 Å². The monoisotopic (exact) mass is 276 g/mol. The molecule has 92 valence electrons. The quantitative estimate of drug-likeness (QED) is 0.884. The van der Waals surface area contributed by atoms with Crippen LogP contribution in [0.1, 0.15) is 22.9 Å². The lowest BCUT2D eigenvalue weighted by atomic mass is 9.99. The van der Waals surface area contributed by atoms with Gasteiger partial charge in [-0.25, -0.2) is 0 Å². The van der Waals surface area contributed by atoms with Crippen molar-refractivity contribution in [2.24, 2.45) is 0 Å². The van der Waals surface area contributed by atoms with Crippen LogP contribution in [-0.2, 0) is 6.42 Å². The summed E-state index contributed by atoms with van der Waals surface area (Å²) in [6, 6.07) is 8.01. The third-order valence-corrected chi connectivity index (χ3v) is 4.48. The SMILES string of the molecule is CCc1sc(N)c(C#N)c1-c1ccc(Cl)c(C)c1. The molecular weight excluding hydrogens is 264 g/mol. The Morgan fingerprint density at radius 3 is 2.72 bits per heavy atom. The maximum atomic E-state index is 9.24. The first-order valence-corrected chi connectivity index (χ1v) is 6.85. The van der Waals surface area contributed by atoms with E-state index in [1.165, 1.54) is 11.3 Å². The van der Waals surface area contributed by atoms with Crippen LogP contribution >= 0.6 is 22.9 Å². The van der Waals surface area contributed by atoms with Crippen LogP contribution in [0.4, 0.5) is 5.00 Å². The van der Waals surface area contributed by atoms with Crippen molar-refractivity contribution in [1.29, 1.82) is 5.26 Å². The van der Waals surface area contributed by atoms with Crippen molar-refractivity contribution in [3.63, 3.8) is 0 Å². The summed E-state index contributed by atoms with van der Waals surface area (Å²) < 4.78 is 0. The number of nitrogen functional groups attached to an aromatic ring is 1. The Hall–Kier alpha value is -1.50. The van der Waals surface area contributed by atoms with Crippen LogP contribution in [0.5, 0.6) is 0 Å². The second-order valence-electron chi connectivity index (χ2n) is 4.07. The van der Waals surface area contributed by atoms with Crippen LogP contribution in [0, 0.1) is 18.3 Å². The molecule has 1 heterocycles. The molecule has 2 aromatic rings. The van der Waals surface area contributed by atoms with Gasteiger partial charge in [0.2, 0.25) is 0 Å². The molecule has 0 saturated heterocycles. The fraction of sp³-hybridized carbons (Fsp3) is 0.214. The normalized spacial score (nSPS) is 10.3. The fourth-order valence-electron chi connectivity index (χ4n) is 1.96. The van der Waals surface area contributed by atoms with Gasteiger partial charge in [-0.15, -0.1) is 11.3 Å². The first kappa shape index (κ1) is 12.9. The van der Waals surface area contributed by atoms with Crippen LogP contribution in [0.2, 0.25) is 5.02 Å². The number of rotatable bonds is 2. The third-order valence-electron chi connectivity index (χ3n) is 2.89. The van der Waals surface area contributed by atoms with Gasteiger partial charge in [0, 0.05) is 15.5 Å². The standard InChI is InChI=1S/C14H13ClN2S/c1-3-12-13(10(7-16)14(17)18-12)9-4-5-11(15)8(2)6-9/h4-6H,3,17H2,1-2H3. The number of hydrogen-bond acceptors (Lipinski definition) is 3. The van der Waals surface area contributed by atoms with E-state index in [9.17, 15) is 5.26 Å². The highest BCUT2D eigenvalue weighted by Crippen LogP contribution is 2.39. The highest BCUT2D eigenvalue weighted by molar-refractivity contribution is 7.16. The van der Waals surface area contributed by atoms with Gasteiger partial charge in [0.25, 0.3) is 0 Å². The Labute approximate surface area is 116 Å². The average molecular weight is 277 g/mol. The van der Waals surface area contributed by atoms with Gasteiger partial charge in [0.15, 0.2) is 0 Å². The molecule has 0 bridgehead atoms. The molecule has 0 aliphatic carbocycles. The molecule has 0 aliphatic heterocycles. The molecule has 0 saturated carbocycles. The predicted octanol–water partition coefficient (Wildman–Crippen LogP) is 4.39. The van der Waals surface area contributed by atoms with E-state index in [0.717, 1.165) is 33.0 Å². The zero-order valence-electron chi connectivity index (χ0n) is 10.2. The van der Waals surface area contributed by atoms with Gasteiger partial charge < -0.3 is 5.73 Å². The van der Waals surface area contributed by atoms with E-state index in [0.29, 0.717) is 10.6 Å². The summed E-state index contributed by atoms with van der Waals surface area (Å²) >= 11 is 7.53. The minimum absolute atomic E-state index is 0.582. The van der Waals surface area contributed by atoms with Crippen molar-refractivity contribution in [2.75, 3.05) is 5.73 Å². The number of nitriles is 1. The van der Waals surface area contributed by atoms with Crippen LogP contribution in [0.3, 0.4) is 0 Å². The van der Waals surface area contributed by atoms with Crippen molar-refractivity contribution >= 4 is 27.9 Å². The van der Waals surface area contributed by atoms with Gasteiger partial charge in [-0.2, -0.15) is 5.26 Å². The van der Waals surface area contributed by atoms with Crippen molar-refractivity contribution in [3.05, 3.63) is 39.2 Å². The van der Waals surface area contributed by atoms with Crippen LogP contribution in [0.25, 0.3) is 11.1 Å². The van der Waals surface area contributed by atoms with Gasteiger partial charge in [0.1, 0.15) is 11.1 Å². The summed E-state index contributed by atoms with van der Waals surface area (Å²) in [7, 11) is 0. The van der Waals surface area contributed by atoms with E-state index in [2.05, 4.69) is 13.0 Å². The van der Waals surface area contributed by atoms with Gasteiger partial charge in [-0.3, -0.25) is 0 Å². The number of thiophene rings is 1. The minimum atomic E-state index is 0.582. The first-order chi connectivity index (χ1) is 8.58. The van der Waals surface area contributed by atoms with E-state index >= 15 is 0 Å². The third kappa shape index (κ3) is 2.10. The molecule has 1 aromatic heterocycles. The molecule has 1 aromatic carbocycles. The van der Waals surface area contributed by atoms with Crippen LogP contribution < -0.4 is 5.73 Å². The smallest absolute Gasteiger partial charge is 0.105 e. The predicted molar refractivity (Wildman–Crippen MR) is 78.0 cm³/mol. The fourth-order valence-corrected chi connectivity index (χ4v) is 3.06. The van der Waals surface area contributed by atoms with Crippen LogP contribution in [0.15, 0.2) is 18.2 Å². The van der Waals surface area contributed by atoms with Crippen molar-refractivity contribution in [1.82, 2.24) is 0 Å². The van der Waals surface area contributed by atoms with E-state index in [1.54, 1.807) is 0 Å². The van der Waals surface area contributed by atoms with E-state index in [-0.39, 0.29) is 0 Å². The molecule has 18 heavy (non-hydrogen) atoms. The second kappa shape index (κ2) is 5.01. The molecule has 2 rings (SSSR count). The number of nitrogens with two attached hydrogens (primary N) is 1. The molecule has 0 aliphatic rings. The number of benzene rings is 1. The number of hydrogen-bond donors (Lipinski definition) is 1. The molecule has 0 spiro atoms. The number of aryl methyl sites for hydroxylation is 2. The van der Waals surface area contributed by atoms with Gasteiger partial charge in [-0.1, -0.05) is 24.6 Å². The number of halogens is 1. The van der Waals surface area contributed by atoms with Gasteiger partial charge in [-0.05, 0) is 36.6 Å². The Bertz CT molecular complexity index is 638. The molecule has 0 radical (unpaired) electrons. The summed E-state index contributed by atoms with van der Waals surface area (Å²) in [5.41, 5.74) is 9.46. The molecular formula is C14H13ClN2S. The molecule has 0 unspecified atom stereocenters. The lowest BCUT2D eigenvalue weighted by molar-refractivity contribution is 1.19. The zero-order chi connectivity index (χ0) is 13.3. The largest absolute Gasteiger partial charge is 0.389 e. The Morgan fingerprint density at radius 2 is 2.17 bits per heavy atom. The van der Waals surface area contributed by atoms with Crippen molar-refractivity contribution in [3.8, 4) is 17.2 Å². The van der Waals surface area contributed by atoms with Gasteiger partial charge >= 0.3 is 0 Å². The average Bonchev–Trinajstić information content (AvgIpc) is 2.68. The first-order valence-electron chi connectivity index (χ1n) is 5.66. The summed E-state index contributed by atoms with van der Waals surface area (Å²) in [6.45, 7) is 4.03. The lowest BCUT2D eigenvalue weighted by Crippen LogP contribution is -1.88. The highest BCUT2D eigenvalue weighted by atomic mass is 35.5. The second-order valence-corrected chi connectivity index (χ2v) is 5.61. The highest BCUT2D eigenvalue weighted by Gasteiger charge is 2.17. The van der Waals surface area contributed by atoms with Crippen LogP contribution in [-0.4, -0.2) is 0 Å². The topological polar surface area (TPSA) is 49.8 Å². The molecule has 0 atom stereocenters. The lowest BCUT2D eigenvalue weighted by Gasteiger charge is -2.06. The molecule has 4 heteroatoms. The Kier molecular flexibility index (Phi) is 3.60. The Balaban J connectivity index is 2.69. The molecule has 2 nitrogen and oxygen atoms in total. The summed E-state index contributed by atoms with van der Waals surface area (Å²) in [6.07, 6.45) is 0.869. The van der Waals surface area contributed by atoms with Crippen molar-refractivity contribution in [2.45, 2.75) is 20.3 Å². The van der Waals surface area contributed by atoms with E-state index in [4.69, 9.17) is 17.3 Å². The maximum absolute atomic E-state index is 9.24. The Morgan fingerprint density at radius 1 is 1.44 bits per heavy atom. The zero-order valence-corrected chi connectivity index (χ0v) is 11.8. The molecule has 0 fully saturated rings.